The van der Waals surface area contributed by atoms with E-state index in [1.165, 1.54) is 24.3 Å². The quantitative estimate of drug-likeness (QED) is 0.170. The Bertz CT molecular complexity index is 2170. The minimum absolute atomic E-state index is 0.532. The molecule has 4 heterocycles. The molecule has 0 fully saturated rings. The van der Waals surface area contributed by atoms with Crippen LogP contribution in [0.1, 0.15) is 11.4 Å². The van der Waals surface area contributed by atoms with E-state index in [1.807, 2.05) is 60.9 Å². The van der Waals surface area contributed by atoms with E-state index in [0.717, 1.165) is 32.9 Å². The van der Waals surface area contributed by atoms with Crippen molar-refractivity contribution in [3.63, 3.8) is 0 Å². The molecule has 0 bridgehead atoms. The van der Waals surface area contributed by atoms with Gasteiger partial charge in [0.05, 0.1) is 22.4 Å². The monoisotopic (exact) mass is 534 g/mol. The molecule has 0 radical (unpaired) electrons. The standard InChI is InChI=1S/C32H18F4N4/c33-25-11-23-19-5-1-3-7-21(19)31-37-17(15-39(31)29(23)13-27(25)35)9-10-18-16-40-30-14-28(36)26(34)12-24(30)20-6-2-4-8-22(20)32(40)38-18/h1-8,11-16H,9-10H2. The van der Waals surface area contributed by atoms with E-state index < -0.39 is 23.3 Å². The lowest BCUT2D eigenvalue weighted by atomic mass is 10.1. The van der Waals surface area contributed by atoms with E-state index >= 15 is 0 Å². The number of aromatic nitrogens is 4. The summed E-state index contributed by atoms with van der Waals surface area (Å²) in [4.78, 5) is 9.71. The second kappa shape index (κ2) is 8.26. The van der Waals surface area contributed by atoms with Crippen molar-refractivity contribution < 1.29 is 17.6 Å². The molecule has 0 N–H and O–H groups in total. The number of halogens is 4. The van der Waals surface area contributed by atoms with E-state index in [-0.39, 0.29) is 0 Å². The molecule has 4 aromatic heterocycles. The van der Waals surface area contributed by atoms with Gasteiger partial charge in [0, 0.05) is 46.1 Å². The number of fused-ring (bicyclic) bond motifs is 12. The van der Waals surface area contributed by atoms with Crippen LogP contribution in [0.5, 0.6) is 0 Å². The van der Waals surface area contributed by atoms with Gasteiger partial charge in [-0.1, -0.05) is 48.5 Å². The zero-order valence-electron chi connectivity index (χ0n) is 20.8. The molecule has 4 nitrogen and oxygen atoms in total. The van der Waals surface area contributed by atoms with Crippen LogP contribution in [0.15, 0.2) is 85.2 Å². The van der Waals surface area contributed by atoms with Gasteiger partial charge >= 0.3 is 0 Å². The van der Waals surface area contributed by atoms with Crippen LogP contribution >= 0.6 is 0 Å². The highest BCUT2D eigenvalue weighted by molar-refractivity contribution is 6.12. The zero-order valence-corrected chi connectivity index (χ0v) is 20.8. The molecular formula is C32H18F4N4. The number of aryl methyl sites for hydroxylation is 2. The minimum Gasteiger partial charge on any atom is -0.299 e. The number of pyridine rings is 2. The summed E-state index contributed by atoms with van der Waals surface area (Å²) in [6.07, 6.45) is 4.76. The van der Waals surface area contributed by atoms with Gasteiger partial charge in [-0.25, -0.2) is 27.5 Å². The first-order chi connectivity index (χ1) is 19.5. The van der Waals surface area contributed by atoms with Crippen LogP contribution in [-0.2, 0) is 12.8 Å². The third-order valence-corrected chi connectivity index (χ3v) is 7.66. The van der Waals surface area contributed by atoms with Gasteiger partial charge in [-0.3, -0.25) is 8.80 Å². The fraction of sp³-hybridized carbons (Fsp3) is 0.0625. The van der Waals surface area contributed by atoms with Gasteiger partial charge in [-0.2, -0.15) is 0 Å². The third kappa shape index (κ3) is 3.25. The smallest absolute Gasteiger partial charge is 0.160 e. The average molecular weight is 535 g/mol. The maximum atomic E-state index is 14.3. The summed E-state index contributed by atoms with van der Waals surface area (Å²) in [5, 5.41) is 4.48. The van der Waals surface area contributed by atoms with Crippen LogP contribution in [0.3, 0.4) is 0 Å². The molecule has 194 valence electrons. The fourth-order valence-electron chi connectivity index (χ4n) is 5.83. The zero-order chi connectivity index (χ0) is 27.1. The molecular weight excluding hydrogens is 516 g/mol. The predicted octanol–water partition coefficient (Wildman–Crippen LogP) is 7.94. The van der Waals surface area contributed by atoms with Crippen molar-refractivity contribution in [3.8, 4) is 0 Å². The fourth-order valence-corrected chi connectivity index (χ4v) is 5.83. The van der Waals surface area contributed by atoms with Gasteiger partial charge in [0.1, 0.15) is 11.3 Å². The van der Waals surface area contributed by atoms with Crippen LogP contribution < -0.4 is 0 Å². The van der Waals surface area contributed by atoms with E-state index in [0.29, 0.717) is 45.9 Å². The van der Waals surface area contributed by atoms with Crippen molar-refractivity contribution in [2.24, 2.45) is 0 Å². The first-order valence-corrected chi connectivity index (χ1v) is 12.8. The molecule has 0 aliphatic rings. The van der Waals surface area contributed by atoms with E-state index in [4.69, 9.17) is 9.97 Å². The number of nitrogens with zero attached hydrogens (tertiary/aromatic N) is 4. The van der Waals surface area contributed by atoms with Crippen LogP contribution in [0.4, 0.5) is 17.6 Å². The first kappa shape index (κ1) is 23.0. The van der Waals surface area contributed by atoms with Gasteiger partial charge in [-0.05, 0) is 35.7 Å². The molecule has 0 saturated heterocycles. The third-order valence-electron chi connectivity index (χ3n) is 7.66. The van der Waals surface area contributed by atoms with Gasteiger partial charge in [0.25, 0.3) is 0 Å². The van der Waals surface area contributed by atoms with Crippen molar-refractivity contribution in [1.29, 1.82) is 0 Å². The van der Waals surface area contributed by atoms with Gasteiger partial charge in [0.2, 0.25) is 0 Å². The Kier molecular flexibility index (Phi) is 4.74. The number of rotatable bonds is 3. The summed E-state index contributed by atoms with van der Waals surface area (Å²) in [5.41, 5.74) is 3.92. The summed E-state index contributed by atoms with van der Waals surface area (Å²) >= 11 is 0. The maximum absolute atomic E-state index is 14.3. The van der Waals surface area contributed by atoms with Gasteiger partial charge < -0.3 is 0 Å². The van der Waals surface area contributed by atoms with Crippen LogP contribution in [-0.4, -0.2) is 18.8 Å². The highest BCUT2D eigenvalue weighted by atomic mass is 19.2. The van der Waals surface area contributed by atoms with Gasteiger partial charge in [-0.15, -0.1) is 0 Å². The molecule has 8 aromatic rings. The Balaban J connectivity index is 1.26. The number of imidazole rings is 2. The van der Waals surface area contributed by atoms with Crippen LogP contribution in [0.2, 0.25) is 0 Å². The summed E-state index contributed by atoms with van der Waals surface area (Å²) in [6, 6.07) is 20.0. The highest BCUT2D eigenvalue weighted by Crippen LogP contribution is 2.33. The van der Waals surface area contributed by atoms with E-state index in [2.05, 4.69) is 0 Å². The summed E-state index contributed by atoms with van der Waals surface area (Å²) < 4.78 is 60.5. The molecule has 8 heteroatoms. The Morgan fingerprint density at radius 3 is 1.27 bits per heavy atom. The molecule has 40 heavy (non-hydrogen) atoms. The largest absolute Gasteiger partial charge is 0.299 e. The Hall–Kier alpha value is -4.98. The molecule has 0 aliphatic heterocycles. The Morgan fingerprint density at radius 2 is 0.850 bits per heavy atom. The first-order valence-electron chi connectivity index (χ1n) is 12.8. The molecule has 0 unspecified atom stereocenters. The van der Waals surface area contributed by atoms with E-state index in [9.17, 15) is 17.6 Å². The van der Waals surface area contributed by atoms with Crippen molar-refractivity contribution in [3.05, 3.63) is 120 Å². The number of benzene rings is 4. The van der Waals surface area contributed by atoms with Crippen LogP contribution in [0.25, 0.3) is 54.6 Å². The Labute approximate surface area is 223 Å². The molecule has 4 aromatic carbocycles. The lowest BCUT2D eigenvalue weighted by molar-refractivity contribution is 0.510. The average Bonchev–Trinajstić information content (AvgIpc) is 3.59. The second-order valence-electron chi connectivity index (χ2n) is 10.0. The van der Waals surface area contributed by atoms with Gasteiger partial charge in [0.15, 0.2) is 23.3 Å². The number of hydrogen-bond donors (Lipinski definition) is 0. The molecule has 8 rings (SSSR count). The SMILES string of the molecule is Fc1cc2c3ccccc3c3nc(CCc4cn5c6cc(F)c(F)cc6c6ccccc6c5n4)cn3c2cc1F. The maximum Gasteiger partial charge on any atom is 0.160 e. The van der Waals surface area contributed by atoms with Crippen molar-refractivity contribution in [1.82, 2.24) is 18.8 Å². The topological polar surface area (TPSA) is 34.6 Å². The van der Waals surface area contributed by atoms with Crippen LogP contribution in [0, 0.1) is 23.3 Å². The molecule has 0 atom stereocenters. The summed E-state index contributed by atoms with van der Waals surface area (Å²) in [7, 11) is 0. The van der Waals surface area contributed by atoms with Crippen molar-refractivity contribution >= 4 is 54.6 Å². The predicted molar refractivity (Wildman–Crippen MR) is 148 cm³/mol. The van der Waals surface area contributed by atoms with Crippen molar-refractivity contribution in [2.45, 2.75) is 12.8 Å². The molecule has 0 amide bonds. The summed E-state index contributed by atoms with van der Waals surface area (Å²) in [5.74, 6) is -3.63. The summed E-state index contributed by atoms with van der Waals surface area (Å²) in [6.45, 7) is 0. The highest BCUT2D eigenvalue weighted by Gasteiger charge is 2.17. The van der Waals surface area contributed by atoms with E-state index in [1.54, 1.807) is 8.80 Å². The molecule has 0 aliphatic carbocycles. The molecule has 0 saturated carbocycles. The lowest BCUT2D eigenvalue weighted by Gasteiger charge is -2.08. The van der Waals surface area contributed by atoms with Crippen molar-refractivity contribution in [2.75, 3.05) is 0 Å². The Morgan fingerprint density at radius 1 is 0.475 bits per heavy atom. The number of hydrogen-bond acceptors (Lipinski definition) is 2. The lowest BCUT2D eigenvalue weighted by Crippen LogP contribution is -1.93. The minimum atomic E-state index is -0.917. The second-order valence-corrected chi connectivity index (χ2v) is 10.0. The normalized spacial score (nSPS) is 12.2. The molecule has 0 spiro atoms.